The zero-order chi connectivity index (χ0) is 21.3. The molecule has 0 bridgehead atoms. The number of ether oxygens (including phenoxy) is 1. The van der Waals surface area contributed by atoms with Gasteiger partial charge in [0.2, 0.25) is 5.89 Å². The highest BCUT2D eigenvalue weighted by atomic mass is 35.5. The molecule has 0 unspecified atom stereocenters. The van der Waals surface area contributed by atoms with Crippen LogP contribution in [-0.2, 0) is 10.5 Å². The number of rotatable bonds is 5. The summed E-state index contributed by atoms with van der Waals surface area (Å²) >= 11 is 9.23. The number of anilines is 1. The van der Waals surface area contributed by atoms with Crippen LogP contribution in [0, 0.1) is 13.8 Å². The van der Waals surface area contributed by atoms with Crippen molar-refractivity contribution in [2.75, 3.05) is 12.0 Å². The highest BCUT2D eigenvalue weighted by Crippen LogP contribution is 2.35. The topological polar surface area (TPSA) is 67.9 Å². The number of amides is 1. The first-order valence-corrected chi connectivity index (χ1v) is 11.3. The Kier molecular flexibility index (Phi) is 5.99. The summed E-state index contributed by atoms with van der Waals surface area (Å²) in [5, 5.41) is 2.92. The van der Waals surface area contributed by atoms with E-state index in [0.717, 1.165) is 16.3 Å². The number of oxazole rings is 1. The average molecular weight is 460 g/mol. The Bertz CT molecular complexity index is 1130. The van der Waals surface area contributed by atoms with E-state index in [1.807, 2.05) is 31.4 Å². The molecule has 0 atom stereocenters. The summed E-state index contributed by atoms with van der Waals surface area (Å²) in [5.74, 6) is 2.15. The van der Waals surface area contributed by atoms with Gasteiger partial charge >= 0.3 is 0 Å². The number of halogens is 1. The van der Waals surface area contributed by atoms with E-state index < -0.39 is 0 Å². The molecule has 4 rings (SSSR count). The van der Waals surface area contributed by atoms with E-state index in [9.17, 15) is 4.79 Å². The lowest BCUT2D eigenvalue weighted by Crippen LogP contribution is -2.30. The molecule has 0 spiro atoms. The number of aliphatic imine (C=N–C) groups is 1. The minimum absolute atomic E-state index is 0.216. The number of hydrogen-bond acceptors (Lipinski definition) is 7. The monoisotopic (exact) mass is 459 g/mol. The van der Waals surface area contributed by atoms with Crippen LogP contribution >= 0.6 is 34.7 Å². The Balaban J connectivity index is 1.67. The van der Waals surface area contributed by atoms with Gasteiger partial charge in [-0.3, -0.25) is 9.69 Å². The zero-order valence-corrected chi connectivity index (χ0v) is 18.9. The van der Waals surface area contributed by atoms with Gasteiger partial charge in [-0.1, -0.05) is 29.4 Å². The molecular formula is C21H18ClN3O3S2. The van der Waals surface area contributed by atoms with Crippen molar-refractivity contribution < 1.29 is 13.9 Å². The van der Waals surface area contributed by atoms with Gasteiger partial charge in [0.25, 0.3) is 5.91 Å². The maximum absolute atomic E-state index is 13.2. The van der Waals surface area contributed by atoms with Crippen molar-refractivity contribution in [3.8, 4) is 5.75 Å². The van der Waals surface area contributed by atoms with Crippen molar-refractivity contribution >= 4 is 57.5 Å². The normalized spacial score (nSPS) is 15.2. The number of amidine groups is 1. The van der Waals surface area contributed by atoms with Gasteiger partial charge in [-0.15, -0.1) is 11.3 Å². The Labute approximate surface area is 187 Å². The number of carbonyl (C=O) groups is 1. The number of nitrogens with zero attached hydrogens (tertiary/aromatic N) is 3. The van der Waals surface area contributed by atoms with Gasteiger partial charge in [-0.05, 0) is 49.6 Å². The highest BCUT2D eigenvalue weighted by molar-refractivity contribution is 8.13. The molecule has 0 radical (unpaired) electrons. The Morgan fingerprint density at radius 3 is 2.80 bits per heavy atom. The summed E-state index contributed by atoms with van der Waals surface area (Å²) in [6.45, 7) is 3.78. The number of hydrogen-bond donors (Lipinski definition) is 0. The molecule has 1 aliphatic heterocycles. The fourth-order valence-electron chi connectivity index (χ4n) is 2.85. The standard InChI is InChI=1S/C21H18ClN3O3S2/c1-12-13(2)28-19(23-12)11-30-21-24-17(10-15-5-4-8-29-15)20(26)25(21)14-6-7-18(27-3)16(22)9-14/h4-10H,11H2,1-3H3/b17-10-. The van der Waals surface area contributed by atoms with E-state index >= 15 is 0 Å². The molecule has 30 heavy (non-hydrogen) atoms. The lowest BCUT2D eigenvalue weighted by molar-refractivity contribution is -0.113. The van der Waals surface area contributed by atoms with Crippen LogP contribution in [0.25, 0.3) is 6.08 Å². The van der Waals surface area contributed by atoms with Gasteiger partial charge in [-0.2, -0.15) is 0 Å². The number of aromatic nitrogens is 1. The van der Waals surface area contributed by atoms with E-state index in [-0.39, 0.29) is 5.91 Å². The molecule has 0 saturated heterocycles. The summed E-state index contributed by atoms with van der Waals surface area (Å²) in [6, 6.07) is 9.09. The predicted molar refractivity (Wildman–Crippen MR) is 122 cm³/mol. The lowest BCUT2D eigenvalue weighted by Gasteiger charge is -2.18. The van der Waals surface area contributed by atoms with Crippen LogP contribution in [0.5, 0.6) is 5.75 Å². The summed E-state index contributed by atoms with van der Waals surface area (Å²) in [5.41, 5.74) is 1.84. The molecule has 6 nitrogen and oxygen atoms in total. The third-order valence-electron chi connectivity index (χ3n) is 4.44. The first-order valence-electron chi connectivity index (χ1n) is 9.04. The second-order valence-electron chi connectivity index (χ2n) is 6.44. The third-order valence-corrected chi connectivity index (χ3v) is 6.48. The first kappa shape index (κ1) is 20.7. The van der Waals surface area contributed by atoms with Gasteiger partial charge in [0.1, 0.15) is 17.2 Å². The van der Waals surface area contributed by atoms with Crippen molar-refractivity contribution in [1.82, 2.24) is 4.98 Å². The molecule has 1 amide bonds. The molecule has 0 saturated carbocycles. The Hall–Kier alpha value is -2.55. The minimum atomic E-state index is -0.216. The van der Waals surface area contributed by atoms with Crippen molar-refractivity contribution in [2.45, 2.75) is 19.6 Å². The number of methoxy groups -OCH3 is 1. The van der Waals surface area contributed by atoms with Crippen molar-refractivity contribution in [2.24, 2.45) is 4.99 Å². The third kappa shape index (κ3) is 4.16. The molecule has 0 aliphatic carbocycles. The first-order chi connectivity index (χ1) is 14.5. The number of thiophene rings is 1. The van der Waals surface area contributed by atoms with E-state index in [1.165, 1.54) is 11.8 Å². The smallest absolute Gasteiger partial charge is 0.283 e. The average Bonchev–Trinajstić information content (AvgIpc) is 3.42. The molecule has 0 fully saturated rings. The second-order valence-corrected chi connectivity index (χ2v) is 8.77. The molecule has 0 N–H and O–H groups in total. The SMILES string of the molecule is COc1ccc(N2C(=O)/C(=C/c3cccs3)N=C2SCc2nc(C)c(C)o2)cc1Cl. The maximum atomic E-state index is 13.2. The summed E-state index contributed by atoms with van der Waals surface area (Å²) in [7, 11) is 1.55. The Morgan fingerprint density at radius 1 is 1.33 bits per heavy atom. The van der Waals surface area contributed by atoms with E-state index in [2.05, 4.69) is 9.98 Å². The summed E-state index contributed by atoms with van der Waals surface area (Å²) in [6.07, 6.45) is 1.79. The van der Waals surface area contributed by atoms with Crippen LogP contribution in [-0.4, -0.2) is 23.2 Å². The zero-order valence-electron chi connectivity index (χ0n) is 16.5. The molecule has 3 heterocycles. The van der Waals surface area contributed by atoms with E-state index in [1.54, 1.807) is 47.6 Å². The quantitative estimate of drug-likeness (QED) is 0.458. The number of aryl methyl sites for hydroxylation is 2. The van der Waals surface area contributed by atoms with Crippen molar-refractivity contribution in [3.63, 3.8) is 0 Å². The molecule has 9 heteroatoms. The number of thioether (sulfide) groups is 1. The minimum Gasteiger partial charge on any atom is -0.495 e. The van der Waals surface area contributed by atoms with Crippen LogP contribution in [0.15, 0.2) is 50.8 Å². The van der Waals surface area contributed by atoms with Crippen molar-refractivity contribution in [3.05, 3.63) is 68.7 Å². The Morgan fingerprint density at radius 2 is 2.17 bits per heavy atom. The van der Waals surface area contributed by atoms with Gasteiger partial charge in [0, 0.05) is 4.88 Å². The van der Waals surface area contributed by atoms with Gasteiger partial charge in [0.05, 0.1) is 29.3 Å². The molecule has 1 aromatic carbocycles. The lowest BCUT2D eigenvalue weighted by atomic mass is 10.2. The van der Waals surface area contributed by atoms with Gasteiger partial charge in [-0.25, -0.2) is 9.98 Å². The molecule has 154 valence electrons. The predicted octanol–water partition coefficient (Wildman–Crippen LogP) is 5.69. The number of benzene rings is 1. The van der Waals surface area contributed by atoms with Crippen LogP contribution < -0.4 is 9.64 Å². The summed E-state index contributed by atoms with van der Waals surface area (Å²) < 4.78 is 10.9. The second kappa shape index (κ2) is 8.67. The van der Waals surface area contributed by atoms with Crippen LogP contribution in [0.4, 0.5) is 5.69 Å². The van der Waals surface area contributed by atoms with Crippen LogP contribution in [0.2, 0.25) is 5.02 Å². The van der Waals surface area contributed by atoms with Gasteiger partial charge < -0.3 is 9.15 Å². The van der Waals surface area contributed by atoms with E-state index in [0.29, 0.717) is 39.0 Å². The molecular weight excluding hydrogens is 442 g/mol. The summed E-state index contributed by atoms with van der Waals surface area (Å²) in [4.78, 5) is 24.7. The molecule has 2 aromatic heterocycles. The van der Waals surface area contributed by atoms with Crippen LogP contribution in [0.1, 0.15) is 22.2 Å². The van der Waals surface area contributed by atoms with Gasteiger partial charge in [0.15, 0.2) is 5.17 Å². The molecule has 3 aromatic rings. The van der Waals surface area contributed by atoms with Crippen molar-refractivity contribution in [1.29, 1.82) is 0 Å². The molecule has 1 aliphatic rings. The fraction of sp³-hybridized carbons (Fsp3) is 0.190. The van der Waals surface area contributed by atoms with Crippen LogP contribution in [0.3, 0.4) is 0 Å². The maximum Gasteiger partial charge on any atom is 0.283 e. The fourth-order valence-corrected chi connectivity index (χ4v) is 4.61. The van der Waals surface area contributed by atoms with E-state index in [4.69, 9.17) is 20.8 Å². The number of carbonyl (C=O) groups excluding carboxylic acids is 1. The largest absolute Gasteiger partial charge is 0.495 e. The highest BCUT2D eigenvalue weighted by Gasteiger charge is 2.32.